The smallest absolute Gasteiger partial charge is 0.414 e. The number of rotatable bonds is 4. The summed E-state index contributed by atoms with van der Waals surface area (Å²) in [6, 6.07) is 0. The lowest BCUT2D eigenvalue weighted by molar-refractivity contribution is -0.138. The van der Waals surface area contributed by atoms with Gasteiger partial charge in [-0.3, -0.25) is 10.1 Å². The first-order valence-electron chi connectivity index (χ1n) is 6.54. The maximum Gasteiger partial charge on any atom is 0.414 e. The topological polar surface area (TPSA) is 101 Å². The first-order valence-corrected chi connectivity index (χ1v) is 6.54. The minimum atomic E-state index is -0.893. The van der Waals surface area contributed by atoms with Crippen molar-refractivity contribution in [2.24, 2.45) is 0 Å². The molecule has 0 spiro atoms. The minimum absolute atomic E-state index is 0.0325. The van der Waals surface area contributed by atoms with E-state index in [2.05, 4.69) is 15.3 Å². The maximum atomic E-state index is 11.6. The molecule has 0 aliphatic heterocycles. The third-order valence-electron chi connectivity index (χ3n) is 2.64. The summed E-state index contributed by atoms with van der Waals surface area (Å²) in [4.78, 5) is 30.4. The number of carboxylic acid groups (broad SMARTS) is 1. The number of aliphatic carboxylic acids is 1. The van der Waals surface area contributed by atoms with Crippen LogP contribution in [0.15, 0.2) is 12.4 Å². The van der Waals surface area contributed by atoms with Crippen LogP contribution in [0.25, 0.3) is 0 Å². The van der Waals surface area contributed by atoms with Gasteiger partial charge in [0.05, 0.1) is 6.42 Å². The SMILES string of the molecule is CC(C)(C)OC(=O)Nc1ncc(C(C)(C)CC(=O)O)cn1. The van der Waals surface area contributed by atoms with Gasteiger partial charge in [0.15, 0.2) is 0 Å². The molecule has 21 heavy (non-hydrogen) atoms. The van der Waals surface area contributed by atoms with Crippen LogP contribution in [0.4, 0.5) is 10.7 Å². The number of anilines is 1. The van der Waals surface area contributed by atoms with Crippen LogP contribution in [0.2, 0.25) is 0 Å². The van der Waals surface area contributed by atoms with Gasteiger partial charge in [-0.1, -0.05) is 13.8 Å². The minimum Gasteiger partial charge on any atom is -0.481 e. The normalized spacial score (nSPS) is 11.9. The van der Waals surface area contributed by atoms with Crippen LogP contribution in [-0.2, 0) is 14.9 Å². The van der Waals surface area contributed by atoms with E-state index in [1.807, 2.05) is 0 Å². The van der Waals surface area contributed by atoms with Crippen molar-refractivity contribution >= 4 is 18.0 Å². The van der Waals surface area contributed by atoms with Gasteiger partial charge in [0, 0.05) is 17.8 Å². The van der Waals surface area contributed by atoms with Gasteiger partial charge in [-0.05, 0) is 26.3 Å². The van der Waals surface area contributed by atoms with Gasteiger partial charge in [0.25, 0.3) is 0 Å². The zero-order chi connectivity index (χ0) is 16.3. The maximum absolute atomic E-state index is 11.6. The highest BCUT2D eigenvalue weighted by Gasteiger charge is 2.25. The molecule has 0 unspecified atom stereocenters. The third-order valence-corrected chi connectivity index (χ3v) is 2.64. The highest BCUT2D eigenvalue weighted by molar-refractivity contribution is 5.82. The lowest BCUT2D eigenvalue weighted by atomic mass is 9.83. The van der Waals surface area contributed by atoms with E-state index >= 15 is 0 Å². The molecule has 0 fully saturated rings. The summed E-state index contributed by atoms with van der Waals surface area (Å²) in [5, 5.41) is 11.3. The largest absolute Gasteiger partial charge is 0.481 e. The van der Waals surface area contributed by atoms with Gasteiger partial charge in [0.1, 0.15) is 5.60 Å². The van der Waals surface area contributed by atoms with Gasteiger partial charge in [0.2, 0.25) is 5.95 Å². The summed E-state index contributed by atoms with van der Waals surface area (Å²) >= 11 is 0. The van der Waals surface area contributed by atoms with Crippen LogP contribution in [0, 0.1) is 0 Å². The molecule has 2 N–H and O–H groups in total. The summed E-state index contributed by atoms with van der Waals surface area (Å²) < 4.78 is 5.08. The molecule has 1 aromatic rings. The molecular weight excluding hydrogens is 274 g/mol. The third kappa shape index (κ3) is 5.76. The molecule has 0 saturated carbocycles. The van der Waals surface area contributed by atoms with Crippen LogP contribution in [0.5, 0.6) is 0 Å². The second-order valence-electron chi connectivity index (χ2n) is 6.38. The number of nitrogens with zero attached hydrogens (tertiary/aromatic N) is 2. The average molecular weight is 295 g/mol. The fraction of sp³-hybridized carbons (Fsp3) is 0.571. The summed E-state index contributed by atoms with van der Waals surface area (Å²) in [5.41, 5.74) is -0.510. The van der Waals surface area contributed by atoms with E-state index in [4.69, 9.17) is 9.84 Å². The summed E-state index contributed by atoms with van der Waals surface area (Å²) in [6.45, 7) is 8.85. The second-order valence-corrected chi connectivity index (χ2v) is 6.38. The van der Waals surface area contributed by atoms with Crippen molar-refractivity contribution in [1.29, 1.82) is 0 Å². The van der Waals surface area contributed by atoms with E-state index in [-0.39, 0.29) is 12.4 Å². The highest BCUT2D eigenvalue weighted by atomic mass is 16.6. The van der Waals surface area contributed by atoms with Crippen molar-refractivity contribution in [3.8, 4) is 0 Å². The molecule has 7 nitrogen and oxygen atoms in total. The van der Waals surface area contributed by atoms with Crippen molar-refractivity contribution in [2.75, 3.05) is 5.32 Å². The van der Waals surface area contributed by atoms with Crippen molar-refractivity contribution in [3.05, 3.63) is 18.0 Å². The average Bonchev–Trinajstić information content (AvgIpc) is 2.24. The van der Waals surface area contributed by atoms with E-state index in [9.17, 15) is 9.59 Å². The molecule has 0 atom stereocenters. The van der Waals surface area contributed by atoms with Crippen molar-refractivity contribution in [3.63, 3.8) is 0 Å². The summed E-state index contributed by atoms with van der Waals surface area (Å²) in [7, 11) is 0. The Morgan fingerprint density at radius 1 is 1.19 bits per heavy atom. The lowest BCUT2D eigenvalue weighted by Gasteiger charge is -2.22. The highest BCUT2D eigenvalue weighted by Crippen LogP contribution is 2.26. The van der Waals surface area contributed by atoms with Crippen molar-refractivity contribution in [2.45, 2.75) is 52.1 Å². The Labute approximate surface area is 123 Å². The van der Waals surface area contributed by atoms with E-state index in [0.717, 1.165) is 0 Å². The number of carboxylic acids is 1. The molecule has 1 rings (SSSR count). The first-order chi connectivity index (χ1) is 9.49. The Bertz CT molecular complexity index is 518. The molecule has 0 aliphatic rings. The number of amides is 1. The second kappa shape index (κ2) is 6.07. The molecule has 0 saturated heterocycles. The number of hydrogen-bond donors (Lipinski definition) is 2. The molecule has 1 heterocycles. The van der Waals surface area contributed by atoms with Crippen LogP contribution >= 0.6 is 0 Å². The number of nitrogens with one attached hydrogen (secondary N) is 1. The molecule has 0 bridgehead atoms. The van der Waals surface area contributed by atoms with Crippen LogP contribution in [0.3, 0.4) is 0 Å². The first kappa shape index (κ1) is 16.9. The van der Waals surface area contributed by atoms with E-state index in [1.165, 1.54) is 12.4 Å². The lowest BCUT2D eigenvalue weighted by Crippen LogP contribution is -2.28. The fourth-order valence-corrected chi connectivity index (χ4v) is 1.62. The Balaban J connectivity index is 2.74. The van der Waals surface area contributed by atoms with Gasteiger partial charge in [-0.15, -0.1) is 0 Å². The van der Waals surface area contributed by atoms with Crippen LogP contribution in [-0.4, -0.2) is 32.7 Å². The van der Waals surface area contributed by atoms with Crippen molar-refractivity contribution in [1.82, 2.24) is 9.97 Å². The number of hydrogen-bond acceptors (Lipinski definition) is 5. The van der Waals surface area contributed by atoms with E-state index in [1.54, 1.807) is 34.6 Å². The van der Waals surface area contributed by atoms with Crippen LogP contribution < -0.4 is 5.32 Å². The Hall–Kier alpha value is -2.18. The Morgan fingerprint density at radius 3 is 2.14 bits per heavy atom. The van der Waals surface area contributed by atoms with Gasteiger partial charge in [-0.2, -0.15) is 0 Å². The van der Waals surface area contributed by atoms with Crippen LogP contribution in [0.1, 0.15) is 46.6 Å². The molecule has 0 aromatic carbocycles. The molecule has 1 aromatic heterocycles. The molecule has 1 amide bonds. The summed E-state index contributed by atoms with van der Waals surface area (Å²) in [6.07, 6.45) is 2.33. The Morgan fingerprint density at radius 2 is 1.71 bits per heavy atom. The molecule has 0 aliphatic carbocycles. The Kier molecular flexibility index (Phi) is 4.88. The van der Waals surface area contributed by atoms with E-state index in [0.29, 0.717) is 5.56 Å². The number of carbonyl (C=O) groups is 2. The van der Waals surface area contributed by atoms with Crippen molar-refractivity contribution < 1.29 is 19.4 Å². The predicted octanol–water partition coefficient (Wildman–Crippen LogP) is 2.58. The monoisotopic (exact) mass is 295 g/mol. The molecular formula is C14H21N3O4. The van der Waals surface area contributed by atoms with Gasteiger partial charge < -0.3 is 9.84 Å². The molecule has 0 radical (unpaired) electrons. The predicted molar refractivity (Wildman–Crippen MR) is 77.2 cm³/mol. The quantitative estimate of drug-likeness (QED) is 0.885. The molecule has 7 heteroatoms. The van der Waals surface area contributed by atoms with Gasteiger partial charge in [-0.25, -0.2) is 14.8 Å². The zero-order valence-electron chi connectivity index (χ0n) is 12.9. The molecule has 116 valence electrons. The van der Waals surface area contributed by atoms with Gasteiger partial charge >= 0.3 is 12.1 Å². The van der Waals surface area contributed by atoms with E-state index < -0.39 is 23.1 Å². The summed E-state index contributed by atoms with van der Waals surface area (Å²) in [5.74, 6) is -0.782. The number of ether oxygens (including phenoxy) is 1. The zero-order valence-corrected chi connectivity index (χ0v) is 12.9. The standard InChI is InChI=1S/C14H21N3O4/c1-13(2,3)21-12(20)17-11-15-7-9(8-16-11)14(4,5)6-10(18)19/h7-8H,6H2,1-5H3,(H,18,19)(H,15,16,17,20). The number of aromatic nitrogens is 2. The fourth-order valence-electron chi connectivity index (χ4n) is 1.62. The number of carbonyl (C=O) groups excluding carboxylic acids is 1.